The summed E-state index contributed by atoms with van der Waals surface area (Å²) in [6.07, 6.45) is 11.3. The first-order valence-electron chi connectivity index (χ1n) is 12.7. The van der Waals surface area contributed by atoms with Crippen LogP contribution < -0.4 is 5.32 Å². The fourth-order valence-electron chi connectivity index (χ4n) is 8.87. The van der Waals surface area contributed by atoms with Gasteiger partial charge in [0.1, 0.15) is 5.82 Å². The first-order chi connectivity index (χ1) is 15.7. The molecule has 6 aliphatic carbocycles. The second kappa shape index (κ2) is 7.56. The van der Waals surface area contributed by atoms with Crippen LogP contribution in [0.15, 0.2) is 6.20 Å². The van der Waals surface area contributed by atoms with E-state index in [4.69, 9.17) is 4.98 Å². The number of hydrogen-bond acceptors (Lipinski definition) is 6. The van der Waals surface area contributed by atoms with Crippen molar-refractivity contribution >= 4 is 34.0 Å². The molecular formula is C25H34ClN3O4S. The number of hydrogen-bond donors (Lipinski definition) is 2. The number of amides is 1. The molecule has 34 heavy (non-hydrogen) atoms. The zero-order chi connectivity index (χ0) is 22.6. The van der Waals surface area contributed by atoms with Crippen LogP contribution in [0.4, 0.5) is 5.82 Å². The van der Waals surface area contributed by atoms with Crippen LogP contribution in [0.3, 0.4) is 0 Å². The monoisotopic (exact) mass is 507 g/mol. The minimum absolute atomic E-state index is 0. The van der Waals surface area contributed by atoms with Crippen molar-refractivity contribution < 1.29 is 18.3 Å². The number of halogens is 1. The zero-order valence-corrected chi connectivity index (χ0v) is 21.1. The number of anilines is 1. The van der Waals surface area contributed by atoms with Gasteiger partial charge in [0.05, 0.1) is 22.7 Å². The summed E-state index contributed by atoms with van der Waals surface area (Å²) >= 11 is 0. The number of pyridine rings is 1. The number of aliphatic hydroxyl groups is 1. The number of nitrogens with zero attached hydrogens (tertiary/aromatic N) is 2. The number of rotatable bonds is 3. The Morgan fingerprint density at radius 2 is 1.68 bits per heavy atom. The van der Waals surface area contributed by atoms with Crippen LogP contribution in [0.2, 0.25) is 0 Å². The molecule has 1 aliphatic heterocycles. The third kappa shape index (κ3) is 3.50. The summed E-state index contributed by atoms with van der Waals surface area (Å²) in [6, 6.07) is 0. The Morgan fingerprint density at radius 3 is 2.32 bits per heavy atom. The topological polar surface area (TPSA) is 99.6 Å². The summed E-state index contributed by atoms with van der Waals surface area (Å²) in [5, 5.41) is 15.1. The molecule has 4 unspecified atom stereocenters. The fraction of sp³-hybridized carbons (Fsp3) is 0.760. The van der Waals surface area contributed by atoms with Crippen molar-refractivity contribution in [1.29, 1.82) is 0 Å². The number of carbonyl (C=O) groups is 1. The van der Waals surface area contributed by atoms with Crippen molar-refractivity contribution in [2.75, 3.05) is 29.9 Å². The second-order valence-corrected chi connectivity index (χ2v) is 14.4. The molecule has 0 radical (unpaired) electrons. The third-order valence-corrected chi connectivity index (χ3v) is 11.3. The Labute approximate surface area is 207 Å². The van der Waals surface area contributed by atoms with Gasteiger partial charge in [-0.05, 0) is 87.0 Å². The first-order valence-corrected chi connectivity index (χ1v) is 14.6. The molecule has 2 heterocycles. The largest absolute Gasteiger partial charge is 0.390 e. The van der Waals surface area contributed by atoms with Crippen LogP contribution >= 0.6 is 12.4 Å². The molecular weight excluding hydrogens is 474 g/mol. The highest BCUT2D eigenvalue weighted by atomic mass is 35.5. The quantitative estimate of drug-likeness (QED) is 0.651. The smallest absolute Gasteiger partial charge is 0.255 e. The molecule has 1 aromatic heterocycles. The van der Waals surface area contributed by atoms with Crippen molar-refractivity contribution in [3.05, 3.63) is 22.9 Å². The van der Waals surface area contributed by atoms with Gasteiger partial charge < -0.3 is 15.3 Å². The van der Waals surface area contributed by atoms with Crippen LogP contribution in [0.5, 0.6) is 0 Å². The molecule has 7 nitrogen and oxygen atoms in total. The number of sulfone groups is 1. The molecule has 1 amide bonds. The van der Waals surface area contributed by atoms with Crippen LogP contribution in [-0.2, 0) is 9.84 Å². The Bertz CT molecular complexity index is 1130. The molecule has 7 aliphatic rings. The number of carbonyl (C=O) groups excluding carboxylic acids is 1. The average Bonchev–Trinajstić information content (AvgIpc) is 3.34. The molecule has 0 spiro atoms. The maximum Gasteiger partial charge on any atom is 0.255 e. The van der Waals surface area contributed by atoms with Gasteiger partial charge in [0.15, 0.2) is 9.84 Å². The summed E-state index contributed by atoms with van der Waals surface area (Å²) < 4.78 is 23.7. The van der Waals surface area contributed by atoms with Gasteiger partial charge in [0.25, 0.3) is 5.91 Å². The van der Waals surface area contributed by atoms with Gasteiger partial charge in [0, 0.05) is 30.4 Å². The van der Waals surface area contributed by atoms with E-state index in [1.165, 1.54) is 17.5 Å². The standard InChI is InChI=1S/C25H33N3O4S.ClH/c29-23(28-3-5-33(31,32)6-4-28)19-13-26-22(21-18-2-1-17(8-18)20(19)21)27-24-9-15-7-16(10-24)12-25(30,11-15)14-24;/h13,15-18,30H,1-12,14H2,(H,26,27);1H. The molecule has 8 rings (SSSR count). The van der Waals surface area contributed by atoms with Gasteiger partial charge >= 0.3 is 0 Å². The second-order valence-electron chi connectivity index (χ2n) is 12.1. The van der Waals surface area contributed by atoms with E-state index in [9.17, 15) is 18.3 Å². The summed E-state index contributed by atoms with van der Waals surface area (Å²) in [4.78, 5) is 20.0. The lowest BCUT2D eigenvalue weighted by Gasteiger charge is -2.60. The molecule has 186 valence electrons. The Morgan fingerprint density at radius 1 is 1.03 bits per heavy atom. The van der Waals surface area contributed by atoms with Crippen molar-refractivity contribution in [3.8, 4) is 0 Å². The molecule has 9 heteroatoms. The normalized spacial score (nSPS) is 40.7. The predicted molar refractivity (Wildman–Crippen MR) is 131 cm³/mol. The lowest BCUT2D eigenvalue weighted by atomic mass is 9.51. The molecule has 1 saturated heterocycles. The Balaban J connectivity index is 0.00000217. The lowest BCUT2D eigenvalue weighted by molar-refractivity contribution is -0.127. The van der Waals surface area contributed by atoms with E-state index in [0.29, 0.717) is 29.2 Å². The van der Waals surface area contributed by atoms with Crippen LogP contribution in [0.1, 0.15) is 91.1 Å². The average molecular weight is 508 g/mol. The highest BCUT2D eigenvalue weighted by Crippen LogP contribution is 2.60. The van der Waals surface area contributed by atoms with E-state index in [1.54, 1.807) is 11.1 Å². The van der Waals surface area contributed by atoms with Crippen molar-refractivity contribution in [2.45, 2.75) is 80.8 Å². The van der Waals surface area contributed by atoms with E-state index in [-0.39, 0.29) is 48.4 Å². The van der Waals surface area contributed by atoms with E-state index in [0.717, 1.165) is 57.2 Å². The zero-order valence-electron chi connectivity index (χ0n) is 19.5. The van der Waals surface area contributed by atoms with Crippen LogP contribution in [-0.4, -0.2) is 65.1 Å². The maximum atomic E-state index is 13.4. The Kier molecular flexibility index (Phi) is 5.12. The van der Waals surface area contributed by atoms with Crippen molar-refractivity contribution in [3.63, 3.8) is 0 Å². The van der Waals surface area contributed by atoms with Crippen molar-refractivity contribution in [2.24, 2.45) is 11.8 Å². The van der Waals surface area contributed by atoms with Crippen LogP contribution in [0, 0.1) is 11.8 Å². The molecule has 5 saturated carbocycles. The SMILES string of the molecule is Cl.O=C(c1cnc(NC23CC4CC(CC(O)(C4)C2)C3)c2c1C1CCC2C1)N1CCS(=O)(=O)CC1. The van der Waals surface area contributed by atoms with E-state index >= 15 is 0 Å². The maximum absolute atomic E-state index is 13.4. The molecule has 0 aromatic carbocycles. The molecule has 6 bridgehead atoms. The molecule has 2 N–H and O–H groups in total. The lowest BCUT2D eigenvalue weighted by Crippen LogP contribution is -2.62. The van der Waals surface area contributed by atoms with Crippen molar-refractivity contribution in [1.82, 2.24) is 9.88 Å². The van der Waals surface area contributed by atoms with Gasteiger partial charge in [0.2, 0.25) is 0 Å². The highest BCUT2D eigenvalue weighted by Gasteiger charge is 2.57. The number of nitrogens with one attached hydrogen (secondary N) is 1. The highest BCUT2D eigenvalue weighted by molar-refractivity contribution is 7.91. The van der Waals surface area contributed by atoms with Gasteiger partial charge in [-0.1, -0.05) is 0 Å². The van der Waals surface area contributed by atoms with Crippen LogP contribution in [0.25, 0.3) is 0 Å². The summed E-state index contributed by atoms with van der Waals surface area (Å²) in [7, 11) is -3.03. The van der Waals surface area contributed by atoms with E-state index in [1.807, 2.05) is 0 Å². The first kappa shape index (κ1) is 23.0. The van der Waals surface area contributed by atoms with Gasteiger partial charge in [-0.3, -0.25) is 4.79 Å². The summed E-state index contributed by atoms with van der Waals surface area (Å²) in [6.45, 7) is 0.545. The minimum atomic E-state index is -3.03. The predicted octanol–water partition coefficient (Wildman–Crippen LogP) is 3.23. The van der Waals surface area contributed by atoms with E-state index in [2.05, 4.69) is 5.32 Å². The third-order valence-electron chi connectivity index (χ3n) is 9.68. The number of fused-ring (bicyclic) bond motifs is 5. The number of aromatic nitrogens is 1. The molecule has 4 atom stereocenters. The van der Waals surface area contributed by atoms with Gasteiger partial charge in [-0.25, -0.2) is 13.4 Å². The fourth-order valence-corrected chi connectivity index (χ4v) is 10.1. The summed E-state index contributed by atoms with van der Waals surface area (Å²) in [5.41, 5.74) is 2.50. The summed E-state index contributed by atoms with van der Waals surface area (Å²) in [5.74, 6) is 3.04. The molecule has 1 aromatic rings. The van der Waals surface area contributed by atoms with Gasteiger partial charge in [-0.2, -0.15) is 0 Å². The van der Waals surface area contributed by atoms with E-state index < -0.39 is 15.4 Å². The minimum Gasteiger partial charge on any atom is -0.390 e. The van der Waals surface area contributed by atoms with Gasteiger partial charge in [-0.15, -0.1) is 12.4 Å². The molecule has 6 fully saturated rings. The Hall–Kier alpha value is -1.38.